The van der Waals surface area contributed by atoms with Crippen LogP contribution in [0.3, 0.4) is 0 Å². The monoisotopic (exact) mass is 531 g/mol. The number of aromatic hydroxyl groups is 1. The molecule has 0 unspecified atom stereocenters. The van der Waals surface area contributed by atoms with Crippen LogP contribution in [0.2, 0.25) is 0 Å². The predicted molar refractivity (Wildman–Crippen MR) is 145 cm³/mol. The Hall–Kier alpha value is -2.87. The van der Waals surface area contributed by atoms with Gasteiger partial charge in [-0.3, -0.25) is 4.90 Å². The number of phenols is 1. The molecule has 5 nitrogen and oxygen atoms in total. The smallest absolute Gasteiger partial charge is 0.416 e. The van der Waals surface area contributed by atoms with E-state index in [4.69, 9.17) is 4.74 Å². The van der Waals surface area contributed by atoms with Crippen LogP contribution in [-0.4, -0.2) is 61.3 Å². The van der Waals surface area contributed by atoms with Gasteiger partial charge in [0.05, 0.1) is 12.7 Å². The lowest BCUT2D eigenvalue weighted by Gasteiger charge is -2.49. The lowest BCUT2D eigenvalue weighted by atomic mass is 9.70. The topological polar surface area (TPSA) is 39.2 Å². The fourth-order valence-corrected chi connectivity index (χ4v) is 6.06. The number of allylic oxidation sites excluding steroid dienone is 1. The molecule has 0 radical (unpaired) electrons. The Morgan fingerprint density at radius 2 is 1.71 bits per heavy atom. The van der Waals surface area contributed by atoms with E-state index in [-0.39, 0.29) is 11.2 Å². The van der Waals surface area contributed by atoms with Gasteiger partial charge < -0.3 is 19.6 Å². The second-order valence-corrected chi connectivity index (χ2v) is 11.1. The molecule has 2 aliphatic rings. The van der Waals surface area contributed by atoms with Gasteiger partial charge in [0.2, 0.25) is 0 Å². The van der Waals surface area contributed by atoms with Gasteiger partial charge in [0.25, 0.3) is 0 Å². The van der Waals surface area contributed by atoms with Crippen molar-refractivity contribution in [3.8, 4) is 11.5 Å². The molecule has 38 heavy (non-hydrogen) atoms. The number of ether oxygens (including phenoxy) is 1. The highest BCUT2D eigenvalue weighted by atomic mass is 19.4. The number of benzene rings is 2. The summed E-state index contributed by atoms with van der Waals surface area (Å²) in [6.45, 7) is 14.7. The van der Waals surface area contributed by atoms with E-state index in [1.807, 2.05) is 17.0 Å². The molecule has 2 saturated heterocycles. The molecule has 2 aromatic rings. The second-order valence-electron chi connectivity index (χ2n) is 11.1. The van der Waals surface area contributed by atoms with Crippen LogP contribution in [0.25, 0.3) is 0 Å². The highest BCUT2D eigenvalue weighted by Gasteiger charge is 2.40. The number of hydrogen-bond donors (Lipinski definition) is 1. The Labute approximate surface area is 224 Å². The number of likely N-dealkylation sites (tertiary alicyclic amines) is 1. The molecule has 2 aromatic carbocycles. The first-order chi connectivity index (χ1) is 18.0. The number of alkyl halides is 3. The maximum Gasteiger partial charge on any atom is 0.416 e. The molecule has 0 atom stereocenters. The summed E-state index contributed by atoms with van der Waals surface area (Å²) >= 11 is 0. The second kappa shape index (κ2) is 11.5. The number of rotatable bonds is 8. The zero-order chi connectivity index (χ0) is 27.5. The number of hydrogen-bond acceptors (Lipinski definition) is 5. The average Bonchev–Trinajstić information content (AvgIpc) is 2.90. The molecule has 2 heterocycles. The molecule has 0 saturated carbocycles. The minimum absolute atomic E-state index is 0.0235. The van der Waals surface area contributed by atoms with Crippen LogP contribution in [0.15, 0.2) is 54.7 Å². The van der Waals surface area contributed by atoms with Gasteiger partial charge in [0.1, 0.15) is 0 Å². The number of anilines is 1. The molecular formula is C30H40F3N3O2. The van der Waals surface area contributed by atoms with Gasteiger partial charge in [-0.05, 0) is 74.2 Å². The number of nitrogens with zero attached hydrogens (tertiary/aromatic N) is 3. The van der Waals surface area contributed by atoms with E-state index in [1.165, 1.54) is 17.8 Å². The van der Waals surface area contributed by atoms with E-state index < -0.39 is 11.7 Å². The zero-order valence-corrected chi connectivity index (χ0v) is 22.7. The molecular weight excluding hydrogens is 491 g/mol. The third-order valence-electron chi connectivity index (χ3n) is 8.07. The number of halogens is 3. The lowest BCUT2D eigenvalue weighted by Crippen LogP contribution is -2.51. The van der Waals surface area contributed by atoms with Crippen LogP contribution in [0.5, 0.6) is 11.5 Å². The summed E-state index contributed by atoms with van der Waals surface area (Å²) < 4.78 is 44.9. The Morgan fingerprint density at radius 1 is 1.03 bits per heavy atom. The van der Waals surface area contributed by atoms with E-state index in [2.05, 4.69) is 30.2 Å². The number of methoxy groups -OCH3 is 1. The minimum atomic E-state index is -4.33. The molecule has 0 spiro atoms. The molecule has 8 heteroatoms. The van der Waals surface area contributed by atoms with Gasteiger partial charge in [0, 0.05) is 49.5 Å². The van der Waals surface area contributed by atoms with Gasteiger partial charge in [-0.25, -0.2) is 0 Å². The molecule has 0 amide bonds. The first-order valence-corrected chi connectivity index (χ1v) is 13.5. The van der Waals surface area contributed by atoms with Crippen molar-refractivity contribution in [2.24, 2.45) is 11.3 Å². The quantitative estimate of drug-likeness (QED) is 0.428. The van der Waals surface area contributed by atoms with E-state index in [0.717, 1.165) is 63.6 Å². The van der Waals surface area contributed by atoms with Crippen molar-refractivity contribution >= 4 is 5.69 Å². The molecule has 2 fully saturated rings. The lowest BCUT2D eigenvalue weighted by molar-refractivity contribution is -0.137. The number of piperidine rings is 1. The Bertz CT molecular complexity index is 1100. The average molecular weight is 532 g/mol. The zero-order valence-electron chi connectivity index (χ0n) is 22.7. The summed E-state index contributed by atoms with van der Waals surface area (Å²) in [6, 6.07) is 11.2. The van der Waals surface area contributed by atoms with Crippen LogP contribution in [0.1, 0.15) is 44.2 Å². The summed E-state index contributed by atoms with van der Waals surface area (Å²) in [7, 11) is 1.56. The highest BCUT2D eigenvalue weighted by Crippen LogP contribution is 2.45. The minimum Gasteiger partial charge on any atom is -0.504 e. The van der Waals surface area contributed by atoms with Crippen LogP contribution in [0, 0.1) is 11.3 Å². The first kappa shape index (κ1) is 28.1. The maximum atomic E-state index is 13.2. The third kappa shape index (κ3) is 6.40. The van der Waals surface area contributed by atoms with E-state index in [9.17, 15) is 18.3 Å². The van der Waals surface area contributed by atoms with Crippen molar-refractivity contribution in [2.75, 3.05) is 51.3 Å². The van der Waals surface area contributed by atoms with Crippen LogP contribution in [-0.2, 0) is 12.7 Å². The fraction of sp³-hybridized carbons (Fsp3) is 0.533. The van der Waals surface area contributed by atoms with Crippen LogP contribution < -0.4 is 9.64 Å². The molecule has 0 bridgehead atoms. The number of piperazine rings is 1. The number of phenolic OH excluding ortho intramolecular Hbond substituents is 1. The standard InChI is InChI=1S/C30H40F3N3O2/c1-22(2)20-29(10-12-34(13-11-29)21-24-8-9-27(37)28(18-24)38-4)23(3)35-14-16-36(17-15-35)26-7-5-6-25(19-26)30(31,32)33/h5-9,18-19,22,37H,3,10-17,20-21H2,1-2,4H3. The third-order valence-corrected chi connectivity index (χ3v) is 8.07. The summed E-state index contributed by atoms with van der Waals surface area (Å²) in [5.41, 5.74) is 2.34. The van der Waals surface area contributed by atoms with Crippen molar-refractivity contribution in [3.63, 3.8) is 0 Å². The Morgan fingerprint density at radius 3 is 2.32 bits per heavy atom. The van der Waals surface area contributed by atoms with Crippen molar-refractivity contribution in [1.29, 1.82) is 0 Å². The maximum absolute atomic E-state index is 13.2. The molecule has 208 valence electrons. The molecule has 0 aromatic heterocycles. The predicted octanol–water partition coefficient (Wildman–Crippen LogP) is 6.38. The highest BCUT2D eigenvalue weighted by molar-refractivity contribution is 5.50. The largest absolute Gasteiger partial charge is 0.504 e. The van der Waals surface area contributed by atoms with Crippen molar-refractivity contribution in [2.45, 2.75) is 45.8 Å². The summed E-state index contributed by atoms with van der Waals surface area (Å²) in [5.74, 6) is 1.17. The molecule has 0 aliphatic carbocycles. The van der Waals surface area contributed by atoms with Gasteiger partial charge in [-0.15, -0.1) is 0 Å². The molecule has 2 aliphatic heterocycles. The molecule has 4 rings (SSSR count). The van der Waals surface area contributed by atoms with E-state index >= 15 is 0 Å². The van der Waals surface area contributed by atoms with Gasteiger partial charge in [-0.1, -0.05) is 32.6 Å². The SMILES string of the molecule is C=C(N1CCN(c2cccc(C(F)(F)F)c2)CC1)C1(CC(C)C)CCN(Cc2ccc(O)c(OC)c2)CC1. The van der Waals surface area contributed by atoms with Gasteiger partial charge in [-0.2, -0.15) is 13.2 Å². The Kier molecular flexibility index (Phi) is 8.50. The normalized spacial score (nSPS) is 18.6. The van der Waals surface area contributed by atoms with Gasteiger partial charge in [0.15, 0.2) is 11.5 Å². The summed E-state index contributed by atoms with van der Waals surface area (Å²) in [4.78, 5) is 6.86. The van der Waals surface area contributed by atoms with E-state index in [0.29, 0.717) is 30.4 Å². The van der Waals surface area contributed by atoms with Crippen LogP contribution in [0.4, 0.5) is 18.9 Å². The molecule has 1 N–H and O–H groups in total. The summed E-state index contributed by atoms with van der Waals surface area (Å²) in [6.07, 6.45) is -1.22. The fourth-order valence-electron chi connectivity index (χ4n) is 6.06. The van der Waals surface area contributed by atoms with Crippen molar-refractivity contribution < 1.29 is 23.0 Å². The van der Waals surface area contributed by atoms with Crippen LogP contribution >= 0.6 is 0 Å². The van der Waals surface area contributed by atoms with Crippen molar-refractivity contribution in [1.82, 2.24) is 9.80 Å². The first-order valence-electron chi connectivity index (χ1n) is 13.5. The van der Waals surface area contributed by atoms with E-state index in [1.54, 1.807) is 19.2 Å². The van der Waals surface area contributed by atoms with Crippen molar-refractivity contribution in [3.05, 3.63) is 65.9 Å². The summed E-state index contributed by atoms with van der Waals surface area (Å²) in [5, 5.41) is 9.90. The Balaban J connectivity index is 1.39. The van der Waals surface area contributed by atoms with Gasteiger partial charge >= 0.3 is 6.18 Å².